The molecule has 162 valence electrons. The molecule has 3 aromatic rings. The SMILES string of the molecule is CNC(=O)[C@@H](CNC(=O)[C@@H](Cc1ccc2ccccc2c1)NC)Cc1ccccc1F. The lowest BCUT2D eigenvalue weighted by Crippen LogP contribution is -2.47. The fourth-order valence-corrected chi connectivity index (χ4v) is 3.67. The number of likely N-dealkylation sites (N-methyl/N-ethyl adjacent to an activating group) is 1. The van der Waals surface area contributed by atoms with Crippen molar-refractivity contribution in [3.8, 4) is 0 Å². The Labute approximate surface area is 182 Å². The van der Waals surface area contributed by atoms with Crippen LogP contribution in [0.5, 0.6) is 0 Å². The van der Waals surface area contributed by atoms with E-state index >= 15 is 0 Å². The van der Waals surface area contributed by atoms with Crippen LogP contribution >= 0.6 is 0 Å². The van der Waals surface area contributed by atoms with Gasteiger partial charge in [-0.25, -0.2) is 4.39 Å². The van der Waals surface area contributed by atoms with E-state index in [4.69, 9.17) is 0 Å². The second kappa shape index (κ2) is 10.7. The number of halogens is 1. The summed E-state index contributed by atoms with van der Waals surface area (Å²) >= 11 is 0. The van der Waals surface area contributed by atoms with Crippen LogP contribution in [0.1, 0.15) is 11.1 Å². The molecule has 0 aliphatic rings. The lowest BCUT2D eigenvalue weighted by atomic mass is 9.97. The fraction of sp³-hybridized carbons (Fsp3) is 0.280. The molecule has 0 aliphatic heterocycles. The fourth-order valence-electron chi connectivity index (χ4n) is 3.67. The smallest absolute Gasteiger partial charge is 0.237 e. The maximum atomic E-state index is 14.0. The summed E-state index contributed by atoms with van der Waals surface area (Å²) in [6.07, 6.45) is 0.729. The highest BCUT2D eigenvalue weighted by molar-refractivity contribution is 5.85. The average molecular weight is 422 g/mol. The van der Waals surface area contributed by atoms with Crippen molar-refractivity contribution in [3.05, 3.63) is 83.7 Å². The second-order valence-corrected chi connectivity index (χ2v) is 7.58. The number of rotatable bonds is 9. The van der Waals surface area contributed by atoms with Crippen molar-refractivity contribution in [2.45, 2.75) is 18.9 Å². The van der Waals surface area contributed by atoms with E-state index in [0.717, 1.165) is 16.3 Å². The number of amides is 2. The van der Waals surface area contributed by atoms with E-state index in [1.54, 1.807) is 25.2 Å². The van der Waals surface area contributed by atoms with Gasteiger partial charge in [-0.2, -0.15) is 0 Å². The van der Waals surface area contributed by atoms with E-state index in [-0.39, 0.29) is 30.6 Å². The molecule has 0 aromatic heterocycles. The maximum Gasteiger partial charge on any atom is 0.237 e. The molecule has 0 radical (unpaired) electrons. The summed E-state index contributed by atoms with van der Waals surface area (Å²) in [6, 6.07) is 20.2. The number of fused-ring (bicyclic) bond motifs is 1. The van der Waals surface area contributed by atoms with Gasteiger partial charge in [0.1, 0.15) is 5.82 Å². The molecule has 0 heterocycles. The van der Waals surface area contributed by atoms with Crippen molar-refractivity contribution in [1.29, 1.82) is 0 Å². The van der Waals surface area contributed by atoms with Gasteiger partial charge < -0.3 is 16.0 Å². The highest BCUT2D eigenvalue weighted by Gasteiger charge is 2.23. The van der Waals surface area contributed by atoms with Gasteiger partial charge >= 0.3 is 0 Å². The number of hydrogen-bond donors (Lipinski definition) is 3. The van der Waals surface area contributed by atoms with Gasteiger partial charge in [0.15, 0.2) is 0 Å². The lowest BCUT2D eigenvalue weighted by molar-refractivity contribution is -0.125. The Morgan fingerprint density at radius 1 is 0.871 bits per heavy atom. The standard InChI is InChI=1S/C25H28FN3O2/c1-27-23(14-17-11-12-18-7-3-4-8-19(18)13-17)25(31)29-16-21(24(30)28-2)15-20-9-5-6-10-22(20)26/h3-13,21,23,27H,14-16H2,1-2H3,(H,28,30)(H,29,31)/t21-,23-/m1/s1. The van der Waals surface area contributed by atoms with Crippen molar-refractivity contribution >= 4 is 22.6 Å². The van der Waals surface area contributed by atoms with Gasteiger partial charge in [-0.15, -0.1) is 0 Å². The molecule has 0 fully saturated rings. The van der Waals surface area contributed by atoms with E-state index in [0.29, 0.717) is 12.0 Å². The van der Waals surface area contributed by atoms with Crippen LogP contribution < -0.4 is 16.0 Å². The lowest BCUT2D eigenvalue weighted by Gasteiger charge is -2.20. The summed E-state index contributed by atoms with van der Waals surface area (Å²) in [7, 11) is 3.27. The average Bonchev–Trinajstić information content (AvgIpc) is 2.80. The molecule has 0 saturated heterocycles. The van der Waals surface area contributed by atoms with Gasteiger partial charge in [0.25, 0.3) is 0 Å². The molecular weight excluding hydrogens is 393 g/mol. The van der Waals surface area contributed by atoms with Gasteiger partial charge in [0.05, 0.1) is 12.0 Å². The predicted molar refractivity (Wildman–Crippen MR) is 121 cm³/mol. The van der Waals surface area contributed by atoms with E-state index in [2.05, 4.69) is 28.1 Å². The van der Waals surface area contributed by atoms with Crippen molar-refractivity contribution in [2.24, 2.45) is 5.92 Å². The van der Waals surface area contributed by atoms with Crippen molar-refractivity contribution in [3.63, 3.8) is 0 Å². The normalized spacial score (nSPS) is 12.9. The Hall–Kier alpha value is -3.25. The second-order valence-electron chi connectivity index (χ2n) is 7.58. The molecule has 31 heavy (non-hydrogen) atoms. The number of carbonyl (C=O) groups is 2. The number of carbonyl (C=O) groups excluding carboxylic acids is 2. The van der Waals surface area contributed by atoms with Crippen LogP contribution in [0, 0.1) is 11.7 Å². The van der Waals surface area contributed by atoms with Crippen molar-refractivity contribution in [1.82, 2.24) is 16.0 Å². The molecule has 6 heteroatoms. The first-order valence-electron chi connectivity index (χ1n) is 10.4. The molecule has 0 spiro atoms. The largest absolute Gasteiger partial charge is 0.359 e. The third kappa shape index (κ3) is 5.89. The Kier molecular flexibility index (Phi) is 7.73. The molecule has 0 saturated carbocycles. The van der Waals surface area contributed by atoms with Crippen LogP contribution in [-0.2, 0) is 22.4 Å². The van der Waals surface area contributed by atoms with Gasteiger partial charge in [-0.05, 0) is 47.9 Å². The van der Waals surface area contributed by atoms with Crippen LogP contribution in [0.2, 0.25) is 0 Å². The van der Waals surface area contributed by atoms with Crippen LogP contribution in [0.25, 0.3) is 10.8 Å². The molecule has 2 amide bonds. The third-order valence-corrected chi connectivity index (χ3v) is 5.48. The molecule has 2 atom stereocenters. The summed E-state index contributed by atoms with van der Waals surface area (Å²) in [6.45, 7) is 0.128. The molecule has 3 N–H and O–H groups in total. The van der Waals surface area contributed by atoms with Crippen LogP contribution in [0.3, 0.4) is 0 Å². The Bertz CT molecular complexity index is 1050. The molecule has 0 aliphatic carbocycles. The van der Waals surface area contributed by atoms with E-state index in [1.807, 2.05) is 30.3 Å². The minimum absolute atomic E-state index is 0.128. The van der Waals surface area contributed by atoms with Gasteiger partial charge in [-0.3, -0.25) is 9.59 Å². The first-order chi connectivity index (χ1) is 15.0. The van der Waals surface area contributed by atoms with E-state index in [9.17, 15) is 14.0 Å². The minimum atomic E-state index is -0.566. The minimum Gasteiger partial charge on any atom is -0.359 e. The third-order valence-electron chi connectivity index (χ3n) is 5.48. The number of benzene rings is 3. The molecule has 3 rings (SSSR count). The highest BCUT2D eigenvalue weighted by atomic mass is 19.1. The van der Waals surface area contributed by atoms with Crippen LogP contribution in [-0.4, -0.2) is 38.5 Å². The molecule has 0 bridgehead atoms. The monoisotopic (exact) mass is 421 g/mol. The predicted octanol–water partition coefficient (Wildman–Crippen LogP) is 2.83. The zero-order chi connectivity index (χ0) is 22.2. The Balaban J connectivity index is 1.64. The summed E-state index contributed by atoms with van der Waals surface area (Å²) in [5, 5.41) is 10.8. The van der Waals surface area contributed by atoms with E-state index in [1.165, 1.54) is 13.1 Å². The first kappa shape index (κ1) is 22.4. The zero-order valence-corrected chi connectivity index (χ0v) is 17.8. The summed E-state index contributed by atoms with van der Waals surface area (Å²) in [5.41, 5.74) is 1.49. The van der Waals surface area contributed by atoms with Gasteiger partial charge in [0.2, 0.25) is 11.8 Å². The zero-order valence-electron chi connectivity index (χ0n) is 17.8. The van der Waals surface area contributed by atoms with Gasteiger partial charge in [0, 0.05) is 13.6 Å². The number of hydrogen-bond acceptors (Lipinski definition) is 3. The van der Waals surface area contributed by atoms with Gasteiger partial charge in [-0.1, -0.05) is 60.7 Å². The van der Waals surface area contributed by atoms with Crippen molar-refractivity contribution < 1.29 is 14.0 Å². The summed E-state index contributed by atoms with van der Waals surface area (Å²) < 4.78 is 14.0. The summed E-state index contributed by atoms with van der Waals surface area (Å²) in [4.78, 5) is 25.1. The molecular formula is C25H28FN3O2. The number of nitrogens with one attached hydrogen (secondary N) is 3. The topological polar surface area (TPSA) is 70.2 Å². The van der Waals surface area contributed by atoms with Crippen molar-refractivity contribution in [2.75, 3.05) is 20.6 Å². The molecule has 5 nitrogen and oxygen atoms in total. The van der Waals surface area contributed by atoms with Crippen LogP contribution in [0.15, 0.2) is 66.7 Å². The maximum absolute atomic E-state index is 14.0. The molecule has 3 aromatic carbocycles. The first-order valence-corrected chi connectivity index (χ1v) is 10.4. The Morgan fingerprint density at radius 3 is 2.29 bits per heavy atom. The quantitative estimate of drug-likeness (QED) is 0.498. The summed E-state index contributed by atoms with van der Waals surface area (Å²) in [5.74, 6) is -1.35. The van der Waals surface area contributed by atoms with Crippen LogP contribution in [0.4, 0.5) is 4.39 Å². The van der Waals surface area contributed by atoms with E-state index < -0.39 is 12.0 Å². The molecule has 0 unspecified atom stereocenters. The Morgan fingerprint density at radius 2 is 1.58 bits per heavy atom. The highest BCUT2D eigenvalue weighted by Crippen LogP contribution is 2.17.